The lowest BCUT2D eigenvalue weighted by molar-refractivity contribution is -0.178. The standard InChI is InChI=1S/C26H25N3O3/c30-16-22-24(20-10-5-2-6-11-20)26(29(22)25(32)21-12-7-13-27-15-21)17-28(18-26)23(31)14-19-8-3-1-4-9-19/h1-13,15,22,24,30H,14,16-18H2/t22-,24+/m0/s1. The summed E-state index contributed by atoms with van der Waals surface area (Å²) in [4.78, 5) is 34.0. The van der Waals surface area contributed by atoms with Crippen molar-refractivity contribution in [3.63, 3.8) is 0 Å². The number of aliphatic hydroxyl groups excluding tert-OH is 1. The number of likely N-dealkylation sites (tertiary alicyclic amines) is 2. The van der Waals surface area contributed by atoms with Crippen molar-refractivity contribution in [3.05, 3.63) is 102 Å². The molecule has 1 aromatic heterocycles. The molecule has 5 rings (SSSR count). The number of nitrogens with zero attached hydrogens (tertiary/aromatic N) is 3. The van der Waals surface area contributed by atoms with Gasteiger partial charge < -0.3 is 14.9 Å². The van der Waals surface area contributed by atoms with Crippen LogP contribution in [0.25, 0.3) is 0 Å². The van der Waals surface area contributed by atoms with E-state index in [1.54, 1.807) is 29.4 Å². The largest absolute Gasteiger partial charge is 0.394 e. The molecule has 0 bridgehead atoms. The van der Waals surface area contributed by atoms with Crippen LogP contribution >= 0.6 is 0 Å². The summed E-state index contributed by atoms with van der Waals surface area (Å²) in [6.45, 7) is 0.784. The van der Waals surface area contributed by atoms with Gasteiger partial charge in [-0.3, -0.25) is 14.6 Å². The minimum absolute atomic E-state index is 0.0323. The first-order valence-corrected chi connectivity index (χ1v) is 10.9. The van der Waals surface area contributed by atoms with E-state index in [1.807, 2.05) is 65.6 Å². The highest BCUT2D eigenvalue weighted by Crippen LogP contribution is 2.54. The van der Waals surface area contributed by atoms with E-state index in [2.05, 4.69) is 4.98 Å². The number of hydrogen-bond acceptors (Lipinski definition) is 4. The first kappa shape index (κ1) is 20.4. The van der Waals surface area contributed by atoms with Crippen molar-refractivity contribution >= 4 is 11.8 Å². The number of benzene rings is 2. The van der Waals surface area contributed by atoms with E-state index >= 15 is 0 Å². The van der Waals surface area contributed by atoms with Gasteiger partial charge in [0, 0.05) is 31.4 Å². The Morgan fingerprint density at radius 1 is 0.969 bits per heavy atom. The fraction of sp³-hybridized carbons (Fsp3) is 0.269. The van der Waals surface area contributed by atoms with Gasteiger partial charge in [0.25, 0.3) is 5.91 Å². The molecule has 2 amide bonds. The topological polar surface area (TPSA) is 73.7 Å². The van der Waals surface area contributed by atoms with Gasteiger partial charge in [0.2, 0.25) is 5.91 Å². The summed E-state index contributed by atoms with van der Waals surface area (Å²) in [5.74, 6) is -0.135. The number of aliphatic hydroxyl groups is 1. The van der Waals surface area contributed by atoms with E-state index in [0.29, 0.717) is 25.1 Å². The van der Waals surface area contributed by atoms with Crippen molar-refractivity contribution in [2.24, 2.45) is 0 Å². The van der Waals surface area contributed by atoms with Crippen LogP contribution in [0.3, 0.4) is 0 Å². The van der Waals surface area contributed by atoms with Crippen molar-refractivity contribution in [1.29, 1.82) is 0 Å². The molecular weight excluding hydrogens is 402 g/mol. The average molecular weight is 428 g/mol. The van der Waals surface area contributed by atoms with E-state index in [1.165, 1.54) is 0 Å². The second-order valence-corrected chi connectivity index (χ2v) is 8.57. The van der Waals surface area contributed by atoms with Crippen molar-refractivity contribution in [2.45, 2.75) is 23.9 Å². The van der Waals surface area contributed by atoms with E-state index < -0.39 is 5.54 Å². The summed E-state index contributed by atoms with van der Waals surface area (Å²) >= 11 is 0. The van der Waals surface area contributed by atoms with Gasteiger partial charge in [0.15, 0.2) is 0 Å². The molecule has 2 fully saturated rings. The van der Waals surface area contributed by atoms with Crippen LogP contribution in [0.1, 0.15) is 27.4 Å². The molecule has 32 heavy (non-hydrogen) atoms. The van der Waals surface area contributed by atoms with Gasteiger partial charge in [-0.2, -0.15) is 0 Å². The number of carbonyl (C=O) groups is 2. The molecule has 2 aromatic carbocycles. The Morgan fingerprint density at radius 3 is 2.28 bits per heavy atom. The quantitative estimate of drug-likeness (QED) is 0.679. The van der Waals surface area contributed by atoms with Crippen LogP contribution in [-0.2, 0) is 11.2 Å². The summed E-state index contributed by atoms with van der Waals surface area (Å²) in [6.07, 6.45) is 3.52. The van der Waals surface area contributed by atoms with Gasteiger partial charge in [-0.15, -0.1) is 0 Å². The molecule has 3 heterocycles. The van der Waals surface area contributed by atoms with Crippen molar-refractivity contribution < 1.29 is 14.7 Å². The van der Waals surface area contributed by atoms with Crippen LogP contribution in [-0.4, -0.2) is 63.0 Å². The van der Waals surface area contributed by atoms with Gasteiger partial charge in [-0.05, 0) is 23.3 Å². The minimum atomic E-state index is -0.520. The third-order valence-electron chi connectivity index (χ3n) is 6.73. The summed E-state index contributed by atoms with van der Waals surface area (Å²) < 4.78 is 0. The van der Waals surface area contributed by atoms with Crippen molar-refractivity contribution in [2.75, 3.05) is 19.7 Å². The Bertz CT molecular complexity index is 1100. The number of pyridine rings is 1. The maximum Gasteiger partial charge on any atom is 0.256 e. The lowest BCUT2D eigenvalue weighted by Gasteiger charge is -2.70. The summed E-state index contributed by atoms with van der Waals surface area (Å²) in [6, 6.07) is 22.8. The maximum absolute atomic E-state index is 13.4. The zero-order chi connectivity index (χ0) is 22.1. The second-order valence-electron chi connectivity index (χ2n) is 8.57. The average Bonchev–Trinajstić information content (AvgIpc) is 2.79. The van der Waals surface area contributed by atoms with Gasteiger partial charge in [0.1, 0.15) is 0 Å². The molecule has 1 N–H and O–H groups in total. The van der Waals surface area contributed by atoms with Crippen LogP contribution in [0.15, 0.2) is 85.2 Å². The maximum atomic E-state index is 13.4. The van der Waals surface area contributed by atoms with Gasteiger partial charge in [-0.25, -0.2) is 0 Å². The zero-order valence-corrected chi connectivity index (χ0v) is 17.7. The highest BCUT2D eigenvalue weighted by molar-refractivity contribution is 5.96. The fourth-order valence-corrected chi connectivity index (χ4v) is 5.29. The number of amides is 2. The van der Waals surface area contributed by atoms with Crippen molar-refractivity contribution in [3.8, 4) is 0 Å². The fourth-order valence-electron chi connectivity index (χ4n) is 5.29. The van der Waals surface area contributed by atoms with Crippen LogP contribution in [0.4, 0.5) is 0 Å². The normalized spacial score (nSPS) is 21.0. The van der Waals surface area contributed by atoms with Gasteiger partial charge in [-0.1, -0.05) is 60.7 Å². The Balaban J connectivity index is 1.42. The molecule has 0 saturated carbocycles. The molecule has 0 unspecified atom stereocenters. The molecule has 2 aliphatic heterocycles. The molecule has 0 aliphatic carbocycles. The molecule has 2 aliphatic rings. The number of carbonyl (C=O) groups excluding carboxylic acids is 2. The van der Waals surface area contributed by atoms with Gasteiger partial charge >= 0.3 is 0 Å². The van der Waals surface area contributed by atoms with E-state index in [0.717, 1.165) is 11.1 Å². The molecule has 1 spiro atoms. The molecule has 2 atom stereocenters. The van der Waals surface area contributed by atoms with Crippen LogP contribution in [0, 0.1) is 0 Å². The molecule has 6 heteroatoms. The molecule has 0 radical (unpaired) electrons. The van der Waals surface area contributed by atoms with E-state index in [4.69, 9.17) is 0 Å². The highest BCUT2D eigenvalue weighted by Gasteiger charge is 2.68. The number of aromatic nitrogens is 1. The number of rotatable bonds is 5. The Morgan fingerprint density at radius 2 is 1.66 bits per heavy atom. The predicted octanol–water partition coefficient (Wildman–Crippen LogP) is 2.51. The van der Waals surface area contributed by atoms with Crippen LogP contribution in [0.2, 0.25) is 0 Å². The Labute approximate surface area is 187 Å². The molecule has 6 nitrogen and oxygen atoms in total. The number of hydrogen-bond donors (Lipinski definition) is 1. The van der Waals surface area contributed by atoms with Crippen molar-refractivity contribution in [1.82, 2.24) is 14.8 Å². The first-order valence-electron chi connectivity index (χ1n) is 10.9. The third-order valence-corrected chi connectivity index (χ3v) is 6.73. The van der Waals surface area contributed by atoms with E-state index in [9.17, 15) is 14.7 Å². The Kier molecular flexibility index (Phi) is 5.23. The molecule has 162 valence electrons. The summed E-state index contributed by atoms with van der Waals surface area (Å²) in [5.41, 5.74) is 2.03. The second kappa shape index (κ2) is 8.20. The summed E-state index contributed by atoms with van der Waals surface area (Å²) in [7, 11) is 0. The third kappa shape index (κ3) is 3.28. The molecule has 2 saturated heterocycles. The smallest absolute Gasteiger partial charge is 0.256 e. The molecule has 3 aromatic rings. The summed E-state index contributed by atoms with van der Waals surface area (Å²) in [5, 5.41) is 10.2. The van der Waals surface area contributed by atoms with Gasteiger partial charge in [0.05, 0.1) is 30.2 Å². The first-order chi connectivity index (χ1) is 15.6. The highest BCUT2D eigenvalue weighted by atomic mass is 16.3. The lowest BCUT2D eigenvalue weighted by atomic mass is 9.60. The van der Waals surface area contributed by atoms with Crippen LogP contribution < -0.4 is 0 Å². The zero-order valence-electron chi connectivity index (χ0n) is 17.7. The predicted molar refractivity (Wildman–Crippen MR) is 120 cm³/mol. The van der Waals surface area contributed by atoms with E-state index in [-0.39, 0.29) is 30.4 Å². The minimum Gasteiger partial charge on any atom is -0.394 e. The molecular formula is C26H25N3O3. The lowest BCUT2D eigenvalue weighted by Crippen LogP contribution is -2.86. The van der Waals surface area contributed by atoms with Crippen LogP contribution in [0.5, 0.6) is 0 Å². The monoisotopic (exact) mass is 427 g/mol. The SMILES string of the molecule is O=C(Cc1ccccc1)N1CC2(C1)[C@H](c1ccccc1)[C@H](CO)N2C(=O)c1cccnc1. The Hall–Kier alpha value is -3.51.